The van der Waals surface area contributed by atoms with E-state index in [0.717, 1.165) is 12.7 Å². The Balaban J connectivity index is -0.0000000126. The van der Waals surface area contributed by atoms with E-state index in [-0.39, 0.29) is 90.4 Å². The summed E-state index contributed by atoms with van der Waals surface area (Å²) in [6.07, 6.45) is 4.51. The van der Waals surface area contributed by atoms with Crippen molar-refractivity contribution in [3.8, 4) is 0 Å². The first-order valence-corrected chi connectivity index (χ1v) is 3.91. The zero-order valence-corrected chi connectivity index (χ0v) is 16.6. The standard InChI is InChI=1S/C7H12O.C2H6.CH4.2CH3.B.W.Y/c1-3-4-7(2)5-6-8;1-2;;;;;;/h4,6-7H,2-3,5H2,1H3;1-2H3;1H4;2*1H3;;;/q-2;;;2*-1;;+2;. The first-order valence-electron chi connectivity index (χ1n) is 3.91. The summed E-state index contributed by atoms with van der Waals surface area (Å²) in [5.41, 5.74) is 0. The van der Waals surface area contributed by atoms with Crippen LogP contribution >= 0.6 is 0 Å². The zero-order chi connectivity index (χ0) is 8.41. The van der Waals surface area contributed by atoms with Gasteiger partial charge < -0.3 is 33.0 Å². The fraction of sp³-hybridized carbons (Fsp3) is 0.583. The van der Waals surface area contributed by atoms with Crippen molar-refractivity contribution >= 4 is 14.7 Å². The minimum Gasteiger partial charge on any atom is -0.369 e. The minimum atomic E-state index is 0. The van der Waals surface area contributed by atoms with Gasteiger partial charge in [0.05, 0.1) is 0 Å². The van der Waals surface area contributed by atoms with Gasteiger partial charge in [-0.1, -0.05) is 28.2 Å². The van der Waals surface area contributed by atoms with Crippen molar-refractivity contribution in [3.05, 3.63) is 28.2 Å². The van der Waals surface area contributed by atoms with E-state index < -0.39 is 0 Å². The number of carbonyl (C=O) groups is 1. The largest absolute Gasteiger partial charge is 2.00 e. The molecule has 0 aliphatic rings. The van der Waals surface area contributed by atoms with Crippen LogP contribution in [0.1, 0.15) is 41.0 Å². The van der Waals surface area contributed by atoms with Crippen LogP contribution in [0, 0.1) is 34.1 Å². The van der Waals surface area contributed by atoms with Crippen molar-refractivity contribution in [2.24, 2.45) is 5.92 Å². The second kappa shape index (κ2) is 54.8. The SMILES string of the molecule is C.CC.[B].[CH2-]C([CH-]CC)CC=O.[CH3-].[CH3-].[W+2].[Y]. The maximum atomic E-state index is 9.83. The van der Waals surface area contributed by atoms with Crippen LogP contribution in [0.3, 0.4) is 0 Å². The van der Waals surface area contributed by atoms with Gasteiger partial charge in [-0.05, 0) is 6.42 Å². The molecule has 0 fully saturated rings. The van der Waals surface area contributed by atoms with Crippen LogP contribution in [0.2, 0.25) is 0 Å². The van der Waals surface area contributed by atoms with Gasteiger partial charge in [0, 0.05) is 41.1 Å². The topological polar surface area (TPSA) is 17.1 Å². The summed E-state index contributed by atoms with van der Waals surface area (Å²) in [7, 11) is 0. The van der Waals surface area contributed by atoms with Crippen LogP contribution < -0.4 is 0 Å². The number of hydrogen-bond acceptors (Lipinski definition) is 1. The second-order valence-corrected chi connectivity index (χ2v) is 1.81. The first kappa shape index (κ1) is 52.7. The average Bonchev–Trinajstić information content (AvgIpc) is 1.93. The predicted molar refractivity (Wildman–Crippen MR) is 70.8 cm³/mol. The van der Waals surface area contributed by atoms with Gasteiger partial charge in [0.2, 0.25) is 0 Å². The molecule has 0 aliphatic heterocycles. The molecule has 0 saturated carbocycles. The average molecular weight is 472 g/mol. The second-order valence-electron chi connectivity index (χ2n) is 1.81. The molecular weight excluding hydrogens is 444 g/mol. The van der Waals surface area contributed by atoms with Gasteiger partial charge >= 0.3 is 21.1 Å². The van der Waals surface area contributed by atoms with Crippen LogP contribution in [0.5, 0.6) is 0 Å². The van der Waals surface area contributed by atoms with E-state index in [2.05, 4.69) is 6.92 Å². The van der Waals surface area contributed by atoms with Gasteiger partial charge in [-0.15, -0.1) is 0 Å². The van der Waals surface area contributed by atoms with Gasteiger partial charge in [-0.25, -0.2) is 0 Å². The quantitative estimate of drug-likeness (QED) is 0.346. The van der Waals surface area contributed by atoms with Crippen LogP contribution in [-0.2, 0) is 58.6 Å². The van der Waals surface area contributed by atoms with Gasteiger partial charge in [0.1, 0.15) is 6.29 Å². The van der Waals surface area contributed by atoms with Crippen LogP contribution in [0.25, 0.3) is 0 Å². The smallest absolute Gasteiger partial charge is 0.369 e. The molecule has 0 aromatic rings. The van der Waals surface area contributed by atoms with E-state index >= 15 is 0 Å². The molecule has 0 rings (SSSR count). The van der Waals surface area contributed by atoms with Crippen molar-refractivity contribution in [3.63, 3.8) is 0 Å². The normalized spacial score (nSPS) is 7.00. The van der Waals surface area contributed by atoms with E-state index in [1.54, 1.807) is 0 Å². The molecule has 0 aliphatic carbocycles. The Morgan fingerprint density at radius 3 is 1.81 bits per heavy atom. The molecule has 0 saturated heterocycles. The minimum absolute atomic E-state index is 0. The summed E-state index contributed by atoms with van der Waals surface area (Å²) < 4.78 is 0. The summed E-state index contributed by atoms with van der Waals surface area (Å²) in [6.45, 7) is 9.78. The number of carbonyl (C=O) groups excluding carboxylic acids is 1. The molecule has 1 unspecified atom stereocenters. The van der Waals surface area contributed by atoms with Gasteiger partial charge in [-0.2, -0.15) is 6.42 Å². The Bertz CT molecular complexity index is 76.0. The van der Waals surface area contributed by atoms with Gasteiger partial charge in [0.25, 0.3) is 0 Å². The third kappa shape index (κ3) is 57.8. The van der Waals surface area contributed by atoms with Crippen molar-refractivity contribution < 1.29 is 58.6 Å². The van der Waals surface area contributed by atoms with Gasteiger partial charge in [-0.3, -0.25) is 5.92 Å². The van der Waals surface area contributed by atoms with E-state index in [9.17, 15) is 4.79 Å². The Hall–Kier alpha value is 1.53. The molecule has 0 amide bonds. The monoisotopic (exact) mass is 472 g/mol. The number of rotatable bonds is 4. The maximum absolute atomic E-state index is 9.83. The molecule has 16 heavy (non-hydrogen) atoms. The fourth-order valence-corrected chi connectivity index (χ4v) is 0.553. The zero-order valence-electron chi connectivity index (χ0n) is 10.8. The van der Waals surface area contributed by atoms with Crippen molar-refractivity contribution in [1.29, 1.82) is 0 Å². The Morgan fingerprint density at radius 2 is 1.62 bits per heavy atom. The molecule has 0 bridgehead atoms. The molecule has 1 atom stereocenters. The summed E-state index contributed by atoms with van der Waals surface area (Å²) >= 11 is 0. The molecule has 0 aromatic heterocycles. The number of hydrogen-bond donors (Lipinski definition) is 0. The molecule has 96 valence electrons. The van der Waals surface area contributed by atoms with Crippen LogP contribution in [0.15, 0.2) is 0 Å². The summed E-state index contributed by atoms with van der Waals surface area (Å²) in [4.78, 5) is 9.83. The van der Waals surface area contributed by atoms with Gasteiger partial charge in [0.15, 0.2) is 0 Å². The fourth-order valence-electron chi connectivity index (χ4n) is 0.553. The van der Waals surface area contributed by atoms with Crippen molar-refractivity contribution in [1.82, 2.24) is 0 Å². The van der Waals surface area contributed by atoms with Crippen molar-refractivity contribution in [2.45, 2.75) is 41.0 Å². The summed E-state index contributed by atoms with van der Waals surface area (Å²) in [6, 6.07) is 0. The van der Waals surface area contributed by atoms with E-state index in [4.69, 9.17) is 0 Å². The molecule has 0 heterocycles. The van der Waals surface area contributed by atoms with Crippen LogP contribution in [0.4, 0.5) is 0 Å². The van der Waals surface area contributed by atoms with E-state index in [1.807, 2.05) is 27.2 Å². The first-order chi connectivity index (χ1) is 4.81. The molecule has 1 nitrogen and oxygen atoms in total. The Morgan fingerprint density at radius 1 is 1.31 bits per heavy atom. The molecular formula is C12H28BOWY-2. The molecule has 4 heteroatoms. The summed E-state index contributed by atoms with van der Waals surface area (Å²) in [5.74, 6) is 0.220. The van der Waals surface area contributed by atoms with E-state index in [0.29, 0.717) is 6.42 Å². The summed E-state index contributed by atoms with van der Waals surface area (Å²) in [5, 5.41) is 0. The number of aldehydes is 1. The Labute approximate surface area is 147 Å². The van der Waals surface area contributed by atoms with E-state index in [1.165, 1.54) is 0 Å². The van der Waals surface area contributed by atoms with Crippen LogP contribution in [-0.4, -0.2) is 14.7 Å². The third-order valence-electron chi connectivity index (χ3n) is 0.968. The molecule has 4 radical (unpaired) electrons. The molecule has 0 N–H and O–H groups in total. The third-order valence-corrected chi connectivity index (χ3v) is 0.968. The maximum Gasteiger partial charge on any atom is 2.00 e. The van der Waals surface area contributed by atoms with Crippen molar-refractivity contribution in [2.75, 3.05) is 0 Å². The molecule has 0 spiro atoms. The molecule has 0 aromatic carbocycles. The Kier molecular flexibility index (Phi) is 181. The predicted octanol–water partition coefficient (Wildman–Crippen LogP) is 3.82.